The third kappa shape index (κ3) is 2.41. The van der Waals surface area contributed by atoms with E-state index in [0.29, 0.717) is 0 Å². The monoisotopic (exact) mass is 410 g/mol. The summed E-state index contributed by atoms with van der Waals surface area (Å²) >= 11 is 0. The Balaban J connectivity index is 1.65. The number of benzene rings is 4. The van der Waals surface area contributed by atoms with Crippen molar-refractivity contribution in [2.75, 3.05) is 0 Å². The predicted octanol–water partition coefficient (Wildman–Crippen LogP) is 7.32. The van der Waals surface area contributed by atoms with Crippen LogP contribution >= 0.6 is 0 Å². The maximum atomic E-state index is 3.85. The van der Waals surface area contributed by atoms with E-state index in [1.54, 1.807) is 0 Å². The third-order valence-corrected chi connectivity index (χ3v) is 6.97. The van der Waals surface area contributed by atoms with Crippen molar-refractivity contribution in [1.82, 2.24) is 9.97 Å². The number of aromatic nitrogens is 2. The van der Waals surface area contributed by atoms with Crippen LogP contribution in [0.25, 0.3) is 21.8 Å². The lowest BCUT2D eigenvalue weighted by Gasteiger charge is -2.31. The Kier molecular flexibility index (Phi) is 3.71. The van der Waals surface area contributed by atoms with E-state index in [9.17, 15) is 0 Å². The summed E-state index contributed by atoms with van der Waals surface area (Å²) in [6.07, 6.45) is 0. The molecule has 0 saturated heterocycles. The molecule has 7 rings (SSSR count). The van der Waals surface area contributed by atoms with E-state index in [0.717, 1.165) is 0 Å². The summed E-state index contributed by atoms with van der Waals surface area (Å²) in [6.45, 7) is 0. The van der Waals surface area contributed by atoms with Gasteiger partial charge in [-0.15, -0.1) is 0 Å². The number of aromatic amines is 2. The standard InChI is InChI=1S/C30H22N2/c1-3-11-19(12-4-1)25-27-21-15-7-9-17-23(21)32-30(27)26(20-13-5-2-6-14-20)28-22-16-8-10-18-24(22)31-29(25)28/h1-18,25-26,31-32H. The summed E-state index contributed by atoms with van der Waals surface area (Å²) in [7, 11) is 0. The predicted molar refractivity (Wildman–Crippen MR) is 131 cm³/mol. The zero-order chi connectivity index (χ0) is 21.1. The number of hydrogen-bond acceptors (Lipinski definition) is 0. The minimum absolute atomic E-state index is 0.157. The van der Waals surface area contributed by atoms with Crippen LogP contribution < -0.4 is 0 Å². The minimum atomic E-state index is 0.157. The highest BCUT2D eigenvalue weighted by Gasteiger charge is 2.39. The molecule has 2 unspecified atom stereocenters. The van der Waals surface area contributed by atoms with Crippen LogP contribution in [0.1, 0.15) is 45.5 Å². The highest BCUT2D eigenvalue weighted by molar-refractivity contribution is 5.93. The van der Waals surface area contributed by atoms with Gasteiger partial charge in [0.2, 0.25) is 0 Å². The van der Waals surface area contributed by atoms with E-state index in [2.05, 4.69) is 119 Å². The Morgan fingerprint density at radius 1 is 0.406 bits per heavy atom. The van der Waals surface area contributed by atoms with Gasteiger partial charge in [-0.3, -0.25) is 0 Å². The van der Waals surface area contributed by atoms with Crippen LogP contribution in [0.2, 0.25) is 0 Å². The number of fused-ring (bicyclic) bond motifs is 6. The summed E-state index contributed by atoms with van der Waals surface area (Å²) in [6, 6.07) is 39.3. The molecule has 4 aromatic carbocycles. The van der Waals surface area contributed by atoms with Crippen molar-refractivity contribution in [2.24, 2.45) is 0 Å². The number of H-pyrrole nitrogens is 2. The average molecular weight is 411 g/mol. The minimum Gasteiger partial charge on any atom is -0.357 e. The van der Waals surface area contributed by atoms with E-state index in [1.165, 1.54) is 55.4 Å². The molecule has 1 aliphatic rings. The quantitative estimate of drug-likeness (QED) is 0.299. The lowest BCUT2D eigenvalue weighted by Crippen LogP contribution is -2.19. The Morgan fingerprint density at radius 3 is 1.22 bits per heavy atom. The zero-order valence-electron chi connectivity index (χ0n) is 17.5. The van der Waals surface area contributed by atoms with Gasteiger partial charge >= 0.3 is 0 Å². The van der Waals surface area contributed by atoms with Gasteiger partial charge in [0, 0.05) is 33.2 Å². The molecule has 2 N–H and O–H groups in total. The summed E-state index contributed by atoms with van der Waals surface area (Å²) in [5.41, 5.74) is 10.4. The van der Waals surface area contributed by atoms with Crippen molar-refractivity contribution in [3.8, 4) is 0 Å². The second-order valence-corrected chi connectivity index (χ2v) is 8.68. The molecular formula is C30H22N2. The fraction of sp³-hybridized carbons (Fsp3) is 0.0667. The molecule has 2 nitrogen and oxygen atoms in total. The molecule has 0 bridgehead atoms. The summed E-state index contributed by atoms with van der Waals surface area (Å²) in [4.78, 5) is 7.69. The molecule has 1 aliphatic carbocycles. The van der Waals surface area contributed by atoms with E-state index >= 15 is 0 Å². The van der Waals surface area contributed by atoms with Gasteiger partial charge in [-0.25, -0.2) is 0 Å². The van der Waals surface area contributed by atoms with Gasteiger partial charge in [-0.2, -0.15) is 0 Å². The fourth-order valence-electron chi connectivity index (χ4n) is 5.69. The fourth-order valence-corrected chi connectivity index (χ4v) is 5.69. The Bertz CT molecular complexity index is 1450. The number of nitrogens with one attached hydrogen (secondary N) is 2. The zero-order valence-corrected chi connectivity index (χ0v) is 17.5. The molecule has 32 heavy (non-hydrogen) atoms. The van der Waals surface area contributed by atoms with Crippen LogP contribution in [0.5, 0.6) is 0 Å². The average Bonchev–Trinajstić information content (AvgIpc) is 3.42. The van der Waals surface area contributed by atoms with Crippen molar-refractivity contribution in [3.05, 3.63) is 143 Å². The van der Waals surface area contributed by atoms with E-state index in [1.807, 2.05) is 0 Å². The molecule has 0 fully saturated rings. The van der Waals surface area contributed by atoms with E-state index in [4.69, 9.17) is 0 Å². The van der Waals surface area contributed by atoms with Gasteiger partial charge in [0.05, 0.1) is 11.8 Å². The van der Waals surface area contributed by atoms with E-state index < -0.39 is 0 Å². The largest absolute Gasteiger partial charge is 0.357 e. The third-order valence-electron chi connectivity index (χ3n) is 6.97. The lowest BCUT2D eigenvalue weighted by molar-refractivity contribution is 0.801. The van der Waals surface area contributed by atoms with Crippen LogP contribution in [0.4, 0.5) is 0 Å². The number of para-hydroxylation sites is 2. The first-order valence-corrected chi connectivity index (χ1v) is 11.2. The van der Waals surface area contributed by atoms with Gasteiger partial charge in [0.15, 0.2) is 0 Å². The molecule has 0 aliphatic heterocycles. The second kappa shape index (κ2) is 6.73. The molecule has 2 heteroatoms. The Morgan fingerprint density at radius 2 is 0.781 bits per heavy atom. The molecule has 0 radical (unpaired) electrons. The van der Waals surface area contributed by atoms with Gasteiger partial charge in [-0.05, 0) is 34.4 Å². The molecule has 152 valence electrons. The summed E-state index contributed by atoms with van der Waals surface area (Å²) in [5.74, 6) is 0.314. The van der Waals surface area contributed by atoms with Crippen molar-refractivity contribution in [2.45, 2.75) is 11.8 Å². The van der Waals surface area contributed by atoms with Crippen LogP contribution in [0.15, 0.2) is 109 Å². The molecule has 2 aromatic heterocycles. The highest BCUT2D eigenvalue weighted by atomic mass is 14.8. The van der Waals surface area contributed by atoms with Crippen LogP contribution in [0.3, 0.4) is 0 Å². The van der Waals surface area contributed by atoms with Gasteiger partial charge in [-0.1, -0.05) is 97.1 Å². The Labute approximate surface area is 186 Å². The maximum Gasteiger partial charge on any atom is 0.0518 e. The van der Waals surface area contributed by atoms with Gasteiger partial charge < -0.3 is 9.97 Å². The number of hydrogen-bond donors (Lipinski definition) is 2. The van der Waals surface area contributed by atoms with Gasteiger partial charge in [0.25, 0.3) is 0 Å². The summed E-state index contributed by atoms with van der Waals surface area (Å²) < 4.78 is 0. The topological polar surface area (TPSA) is 31.6 Å². The normalized spacial score (nSPS) is 17.4. The molecule has 6 aromatic rings. The molecule has 0 spiro atoms. The first-order valence-electron chi connectivity index (χ1n) is 11.2. The van der Waals surface area contributed by atoms with Crippen LogP contribution in [0, 0.1) is 0 Å². The summed E-state index contributed by atoms with van der Waals surface area (Å²) in [5, 5.41) is 2.61. The van der Waals surface area contributed by atoms with Crippen molar-refractivity contribution >= 4 is 21.8 Å². The highest BCUT2D eigenvalue weighted by Crippen LogP contribution is 2.52. The maximum absolute atomic E-state index is 3.85. The van der Waals surface area contributed by atoms with Crippen LogP contribution in [-0.2, 0) is 0 Å². The smallest absolute Gasteiger partial charge is 0.0518 e. The molecule has 2 atom stereocenters. The first kappa shape index (κ1) is 17.6. The van der Waals surface area contributed by atoms with E-state index in [-0.39, 0.29) is 11.8 Å². The lowest BCUT2D eigenvalue weighted by atomic mass is 9.72. The second-order valence-electron chi connectivity index (χ2n) is 8.68. The van der Waals surface area contributed by atoms with Crippen LogP contribution in [-0.4, -0.2) is 9.97 Å². The van der Waals surface area contributed by atoms with Crippen molar-refractivity contribution in [3.63, 3.8) is 0 Å². The van der Waals surface area contributed by atoms with Crippen molar-refractivity contribution < 1.29 is 0 Å². The number of rotatable bonds is 2. The van der Waals surface area contributed by atoms with Gasteiger partial charge in [0.1, 0.15) is 0 Å². The molecular weight excluding hydrogens is 388 g/mol. The molecule has 0 saturated carbocycles. The van der Waals surface area contributed by atoms with Crippen molar-refractivity contribution in [1.29, 1.82) is 0 Å². The molecule has 0 amide bonds. The molecule has 2 heterocycles. The first-order chi connectivity index (χ1) is 15.9. The SMILES string of the molecule is c1ccc(C2c3[nH]c4ccccc4c3C(c3ccccc3)c3[nH]c4ccccc4c32)cc1. The Hall–Kier alpha value is -4.04.